The molecule has 7 heteroatoms. The van der Waals surface area contributed by atoms with Crippen LogP contribution in [0.1, 0.15) is 13.3 Å². The zero-order valence-electron chi connectivity index (χ0n) is 10.1. The molecule has 1 aromatic carbocycles. The van der Waals surface area contributed by atoms with Crippen molar-refractivity contribution >= 4 is 26.3 Å². The van der Waals surface area contributed by atoms with Gasteiger partial charge in [-0.05, 0) is 24.6 Å². The molecule has 4 nitrogen and oxygen atoms in total. The summed E-state index contributed by atoms with van der Waals surface area (Å²) in [6.45, 7) is 1.77. The highest BCUT2D eigenvalue weighted by Gasteiger charge is 2.14. The Kier molecular flexibility index (Phi) is 5.28. The molecule has 0 aliphatic carbocycles. The summed E-state index contributed by atoms with van der Waals surface area (Å²) in [4.78, 5) is 0.281. The van der Waals surface area contributed by atoms with E-state index < -0.39 is 26.5 Å². The molecular weight excluding hydrogens is 277 g/mol. The first-order chi connectivity index (χ1) is 8.35. The van der Waals surface area contributed by atoms with Gasteiger partial charge in [-0.2, -0.15) is 0 Å². The summed E-state index contributed by atoms with van der Waals surface area (Å²) in [5.41, 5.74) is 5.62. The van der Waals surface area contributed by atoms with Crippen LogP contribution in [0.4, 0.5) is 10.1 Å². The number of nitrogen functional groups attached to an aromatic ring is 1. The zero-order valence-corrected chi connectivity index (χ0v) is 11.7. The van der Waals surface area contributed by atoms with E-state index in [0.29, 0.717) is 6.42 Å². The fourth-order valence-corrected chi connectivity index (χ4v) is 4.66. The minimum Gasteiger partial charge on any atom is -0.398 e. The SMILES string of the molecule is CCCS(=O)(=O)CCS(=O)c1ccc(F)cc1N. The van der Waals surface area contributed by atoms with E-state index in [1.807, 2.05) is 0 Å². The van der Waals surface area contributed by atoms with Crippen LogP contribution in [0, 0.1) is 5.82 Å². The average molecular weight is 293 g/mol. The van der Waals surface area contributed by atoms with E-state index in [-0.39, 0.29) is 27.8 Å². The lowest BCUT2D eigenvalue weighted by molar-refractivity contribution is 0.595. The number of nitrogens with two attached hydrogens (primary N) is 1. The van der Waals surface area contributed by atoms with Crippen LogP contribution in [0.5, 0.6) is 0 Å². The molecule has 0 bridgehead atoms. The molecule has 0 heterocycles. The lowest BCUT2D eigenvalue weighted by Gasteiger charge is -2.06. The lowest BCUT2D eigenvalue weighted by atomic mass is 10.3. The van der Waals surface area contributed by atoms with E-state index in [1.54, 1.807) is 6.92 Å². The van der Waals surface area contributed by atoms with Gasteiger partial charge in [0.2, 0.25) is 0 Å². The first kappa shape index (κ1) is 15.1. The number of rotatable bonds is 6. The second-order valence-corrected chi connectivity index (χ2v) is 7.73. The van der Waals surface area contributed by atoms with E-state index in [2.05, 4.69) is 0 Å². The van der Waals surface area contributed by atoms with Gasteiger partial charge in [0.1, 0.15) is 5.82 Å². The Morgan fingerprint density at radius 3 is 2.56 bits per heavy atom. The highest BCUT2D eigenvalue weighted by molar-refractivity contribution is 7.93. The highest BCUT2D eigenvalue weighted by atomic mass is 32.2. The molecule has 2 N–H and O–H groups in total. The van der Waals surface area contributed by atoms with Gasteiger partial charge in [-0.25, -0.2) is 12.8 Å². The van der Waals surface area contributed by atoms with E-state index in [1.165, 1.54) is 6.07 Å². The van der Waals surface area contributed by atoms with Crippen molar-refractivity contribution in [3.63, 3.8) is 0 Å². The van der Waals surface area contributed by atoms with Crippen molar-refractivity contribution in [2.75, 3.05) is 23.0 Å². The summed E-state index contributed by atoms with van der Waals surface area (Å²) in [5.74, 6) is -0.585. The van der Waals surface area contributed by atoms with E-state index in [0.717, 1.165) is 12.1 Å². The molecular formula is C11H16FNO3S2. The van der Waals surface area contributed by atoms with Crippen LogP contribution in [-0.4, -0.2) is 29.9 Å². The first-order valence-corrected chi connectivity index (χ1v) is 8.63. The molecule has 0 amide bonds. The summed E-state index contributed by atoms with van der Waals surface area (Å²) < 4.78 is 47.6. The molecule has 1 aromatic rings. The number of halogens is 1. The molecule has 0 saturated heterocycles. The maximum atomic E-state index is 12.8. The summed E-state index contributed by atoms with van der Waals surface area (Å²) in [6, 6.07) is 3.56. The van der Waals surface area contributed by atoms with Crippen LogP contribution in [0.15, 0.2) is 23.1 Å². The largest absolute Gasteiger partial charge is 0.398 e. The highest BCUT2D eigenvalue weighted by Crippen LogP contribution is 2.18. The normalized spacial score (nSPS) is 13.4. The number of sulfone groups is 1. The van der Waals surface area contributed by atoms with Crippen molar-refractivity contribution in [3.8, 4) is 0 Å². The van der Waals surface area contributed by atoms with Crippen LogP contribution in [0.3, 0.4) is 0 Å². The van der Waals surface area contributed by atoms with Gasteiger partial charge in [0, 0.05) is 11.5 Å². The van der Waals surface area contributed by atoms with Gasteiger partial charge in [0.05, 0.1) is 27.1 Å². The number of hydrogen-bond donors (Lipinski definition) is 1. The van der Waals surface area contributed by atoms with E-state index in [9.17, 15) is 17.0 Å². The zero-order chi connectivity index (χ0) is 13.8. The van der Waals surface area contributed by atoms with Crippen molar-refractivity contribution in [2.24, 2.45) is 0 Å². The summed E-state index contributed by atoms with van der Waals surface area (Å²) in [5, 5.41) is 0. The van der Waals surface area contributed by atoms with Crippen LogP contribution in [0.2, 0.25) is 0 Å². The number of benzene rings is 1. The van der Waals surface area contributed by atoms with Gasteiger partial charge in [0.25, 0.3) is 0 Å². The smallest absolute Gasteiger partial charge is 0.151 e. The summed E-state index contributed by atoms with van der Waals surface area (Å²) in [7, 11) is -4.69. The number of hydrogen-bond acceptors (Lipinski definition) is 4. The van der Waals surface area contributed by atoms with Crippen molar-refractivity contribution < 1.29 is 17.0 Å². The second-order valence-electron chi connectivity index (χ2n) is 3.88. The monoisotopic (exact) mass is 293 g/mol. The Morgan fingerprint density at radius 1 is 1.33 bits per heavy atom. The minimum absolute atomic E-state index is 0.0157. The third-order valence-electron chi connectivity index (χ3n) is 2.31. The molecule has 0 radical (unpaired) electrons. The topological polar surface area (TPSA) is 77.2 Å². The molecule has 0 spiro atoms. The third-order valence-corrected chi connectivity index (χ3v) is 5.86. The third kappa shape index (κ3) is 4.38. The van der Waals surface area contributed by atoms with Gasteiger partial charge in [0.15, 0.2) is 9.84 Å². The van der Waals surface area contributed by atoms with Crippen LogP contribution < -0.4 is 5.73 Å². The lowest BCUT2D eigenvalue weighted by Crippen LogP contribution is -2.16. The van der Waals surface area contributed by atoms with E-state index >= 15 is 0 Å². The van der Waals surface area contributed by atoms with Crippen molar-refractivity contribution in [1.82, 2.24) is 0 Å². The van der Waals surface area contributed by atoms with E-state index in [4.69, 9.17) is 5.73 Å². The van der Waals surface area contributed by atoms with Crippen molar-refractivity contribution in [2.45, 2.75) is 18.2 Å². The van der Waals surface area contributed by atoms with Crippen molar-refractivity contribution in [3.05, 3.63) is 24.0 Å². The Balaban J connectivity index is 2.72. The molecule has 1 rings (SSSR count). The molecule has 0 aromatic heterocycles. The molecule has 0 fully saturated rings. The Hall–Kier alpha value is -0.950. The fraction of sp³-hybridized carbons (Fsp3) is 0.455. The maximum absolute atomic E-state index is 12.8. The van der Waals surface area contributed by atoms with Crippen LogP contribution in [0.25, 0.3) is 0 Å². The Labute approximate surface area is 109 Å². The molecule has 18 heavy (non-hydrogen) atoms. The second kappa shape index (κ2) is 6.29. The molecule has 0 saturated carbocycles. The average Bonchev–Trinajstić information content (AvgIpc) is 2.26. The van der Waals surface area contributed by atoms with Crippen LogP contribution in [-0.2, 0) is 20.6 Å². The molecule has 0 aliphatic rings. The molecule has 0 aliphatic heterocycles. The van der Waals surface area contributed by atoms with Gasteiger partial charge < -0.3 is 5.73 Å². The molecule has 102 valence electrons. The quantitative estimate of drug-likeness (QED) is 0.803. The first-order valence-electron chi connectivity index (χ1n) is 5.49. The van der Waals surface area contributed by atoms with Gasteiger partial charge >= 0.3 is 0 Å². The predicted molar refractivity (Wildman–Crippen MR) is 71.0 cm³/mol. The molecule has 1 unspecified atom stereocenters. The molecule has 1 atom stereocenters. The maximum Gasteiger partial charge on any atom is 0.151 e. The summed E-state index contributed by atoms with van der Waals surface area (Å²) >= 11 is 0. The predicted octanol–water partition coefficient (Wildman–Crippen LogP) is 1.34. The summed E-state index contributed by atoms with van der Waals surface area (Å²) in [6.07, 6.45) is 0.535. The minimum atomic E-state index is -3.16. The standard InChI is InChI=1S/C11H16FNO3S2/c1-2-6-18(15,16)7-5-17(14)11-4-3-9(12)8-10(11)13/h3-4,8H,2,5-7,13H2,1H3. The van der Waals surface area contributed by atoms with Gasteiger partial charge in [-0.15, -0.1) is 0 Å². The van der Waals surface area contributed by atoms with Gasteiger partial charge in [-0.1, -0.05) is 6.92 Å². The number of anilines is 1. The van der Waals surface area contributed by atoms with Gasteiger partial charge in [-0.3, -0.25) is 4.21 Å². The fourth-order valence-electron chi connectivity index (χ4n) is 1.45. The Morgan fingerprint density at radius 2 is 2.00 bits per heavy atom. The van der Waals surface area contributed by atoms with Crippen molar-refractivity contribution in [1.29, 1.82) is 0 Å². The van der Waals surface area contributed by atoms with Crippen LogP contribution >= 0.6 is 0 Å². The Bertz CT molecular complexity index is 543.